The number of fused-ring (bicyclic) bond motifs is 1. The van der Waals surface area contributed by atoms with Crippen LogP contribution in [0.2, 0.25) is 0 Å². The second kappa shape index (κ2) is 10.3. The second-order valence-electron chi connectivity index (χ2n) is 7.51. The van der Waals surface area contributed by atoms with Crippen molar-refractivity contribution in [3.8, 4) is 17.6 Å². The molecular weight excluding hydrogens is 472 g/mol. The van der Waals surface area contributed by atoms with E-state index < -0.39 is 24.5 Å². The molecule has 1 N–H and O–H groups in total. The highest BCUT2D eigenvalue weighted by atomic mass is 32.1. The van der Waals surface area contributed by atoms with Crippen LogP contribution in [0.5, 0.6) is 11.5 Å². The molecule has 0 radical (unpaired) electrons. The number of nitrogens with zero attached hydrogens (tertiary/aromatic N) is 1. The normalized spacial score (nSPS) is 11.5. The third-order valence-electron chi connectivity index (χ3n) is 5.25. The van der Waals surface area contributed by atoms with Gasteiger partial charge in [-0.15, -0.1) is 11.3 Å². The average molecular weight is 493 g/mol. The van der Waals surface area contributed by atoms with Crippen LogP contribution in [0, 0.1) is 18.3 Å². The molecule has 0 atom stereocenters. The number of carbonyl (C=O) groups is 3. The smallest absolute Gasteiger partial charge is 0.341 e. The van der Waals surface area contributed by atoms with Gasteiger partial charge in [0.2, 0.25) is 6.79 Å². The first-order valence-electron chi connectivity index (χ1n) is 10.5. The number of esters is 2. The molecule has 4 rings (SSSR count). The number of nitriles is 1. The Balaban J connectivity index is 1.48. The number of benzene rings is 2. The number of methoxy groups -OCH3 is 1. The van der Waals surface area contributed by atoms with Gasteiger partial charge in [0, 0.05) is 4.88 Å². The van der Waals surface area contributed by atoms with Crippen LogP contribution < -0.4 is 14.8 Å². The molecule has 0 saturated heterocycles. The van der Waals surface area contributed by atoms with E-state index >= 15 is 0 Å². The number of hydrogen-bond donors (Lipinski definition) is 1. The SMILES string of the molecule is COC(=O)c1c(NC(=O)COC(=O)c2ccc(C#N)cc2)sc(C)c1Cc1ccc2c(c1)OCO2. The molecule has 0 saturated carbocycles. The summed E-state index contributed by atoms with van der Waals surface area (Å²) in [7, 11) is 1.27. The minimum atomic E-state index is -0.705. The van der Waals surface area contributed by atoms with Crippen LogP contribution in [0.25, 0.3) is 0 Å². The largest absolute Gasteiger partial charge is 0.465 e. The standard InChI is InChI=1S/C25H20N2O7S/c1-14-18(9-16-5-8-19-20(10-16)34-13-33-19)22(25(30)31-2)23(35-14)27-21(28)12-32-24(29)17-6-3-15(11-26)4-7-17/h3-8,10H,9,12-13H2,1-2H3,(H,27,28). The summed E-state index contributed by atoms with van der Waals surface area (Å²) in [4.78, 5) is 38.1. The quantitative estimate of drug-likeness (QED) is 0.494. The van der Waals surface area contributed by atoms with Gasteiger partial charge in [-0.3, -0.25) is 4.79 Å². The molecule has 0 fully saturated rings. The molecule has 1 amide bonds. The molecule has 3 aromatic rings. The molecule has 9 nitrogen and oxygen atoms in total. The molecule has 1 aliphatic rings. The predicted molar refractivity (Wildman–Crippen MR) is 126 cm³/mol. The summed E-state index contributed by atoms with van der Waals surface area (Å²) in [6.07, 6.45) is 0.410. The van der Waals surface area contributed by atoms with Gasteiger partial charge in [0.05, 0.1) is 29.9 Å². The fourth-order valence-electron chi connectivity index (χ4n) is 3.51. The number of rotatable bonds is 7. The van der Waals surface area contributed by atoms with Gasteiger partial charge in [-0.1, -0.05) is 6.07 Å². The molecule has 0 unspecified atom stereocenters. The predicted octanol–water partition coefficient (Wildman–Crippen LogP) is 3.83. The highest BCUT2D eigenvalue weighted by Crippen LogP contribution is 2.37. The van der Waals surface area contributed by atoms with E-state index in [4.69, 9.17) is 24.2 Å². The Labute approximate surface area is 204 Å². The Kier molecular flexibility index (Phi) is 6.98. The lowest BCUT2D eigenvalue weighted by molar-refractivity contribution is -0.119. The molecule has 0 bridgehead atoms. The lowest BCUT2D eigenvalue weighted by Gasteiger charge is -2.09. The molecule has 178 valence electrons. The van der Waals surface area contributed by atoms with Gasteiger partial charge >= 0.3 is 11.9 Å². The minimum Gasteiger partial charge on any atom is -0.465 e. The third-order valence-corrected chi connectivity index (χ3v) is 6.32. The van der Waals surface area contributed by atoms with E-state index in [1.54, 1.807) is 0 Å². The highest BCUT2D eigenvalue weighted by Gasteiger charge is 2.25. The zero-order valence-electron chi connectivity index (χ0n) is 18.9. The number of nitrogens with one attached hydrogen (secondary N) is 1. The number of anilines is 1. The molecule has 2 aromatic carbocycles. The Bertz CT molecular complexity index is 1340. The summed E-state index contributed by atoms with van der Waals surface area (Å²) >= 11 is 1.23. The van der Waals surface area contributed by atoms with Crippen LogP contribution in [-0.2, 0) is 20.7 Å². The van der Waals surface area contributed by atoms with Gasteiger partial charge in [0.1, 0.15) is 5.00 Å². The maximum atomic E-state index is 12.6. The molecular formula is C25H20N2O7S. The summed E-state index contributed by atoms with van der Waals surface area (Å²) < 4.78 is 20.8. The number of hydrogen-bond acceptors (Lipinski definition) is 9. The molecule has 10 heteroatoms. The number of aryl methyl sites for hydroxylation is 1. The maximum absolute atomic E-state index is 12.6. The Morgan fingerprint density at radius 1 is 1.09 bits per heavy atom. The van der Waals surface area contributed by atoms with Gasteiger partial charge < -0.3 is 24.3 Å². The first-order valence-corrected chi connectivity index (χ1v) is 11.3. The van der Waals surface area contributed by atoms with Crippen LogP contribution in [0.4, 0.5) is 5.00 Å². The van der Waals surface area contributed by atoms with E-state index in [0.717, 1.165) is 10.4 Å². The summed E-state index contributed by atoms with van der Waals surface area (Å²) in [6.45, 7) is 1.46. The average Bonchev–Trinajstić information content (AvgIpc) is 3.45. The highest BCUT2D eigenvalue weighted by molar-refractivity contribution is 7.16. The van der Waals surface area contributed by atoms with Crippen molar-refractivity contribution in [2.45, 2.75) is 13.3 Å². The third kappa shape index (κ3) is 5.26. The zero-order chi connectivity index (χ0) is 24.9. The van der Waals surface area contributed by atoms with E-state index in [0.29, 0.717) is 34.0 Å². The topological polar surface area (TPSA) is 124 Å². The number of carbonyl (C=O) groups excluding carboxylic acids is 3. The molecule has 1 aliphatic heterocycles. The summed E-state index contributed by atoms with van der Waals surface area (Å²) in [6, 6.07) is 13.3. The fourth-order valence-corrected chi connectivity index (χ4v) is 4.59. The van der Waals surface area contributed by atoms with Gasteiger partial charge in [-0.2, -0.15) is 5.26 Å². The van der Waals surface area contributed by atoms with Gasteiger partial charge in [0.15, 0.2) is 18.1 Å². The molecule has 0 aliphatic carbocycles. The van der Waals surface area contributed by atoms with Gasteiger partial charge in [0.25, 0.3) is 5.91 Å². The van der Waals surface area contributed by atoms with Gasteiger partial charge in [-0.05, 0) is 60.9 Å². The van der Waals surface area contributed by atoms with E-state index in [2.05, 4.69) is 5.32 Å². The first-order chi connectivity index (χ1) is 16.9. The van der Waals surface area contributed by atoms with E-state index in [1.165, 1.54) is 42.7 Å². The van der Waals surface area contributed by atoms with Crippen molar-refractivity contribution in [1.82, 2.24) is 0 Å². The van der Waals surface area contributed by atoms with Crippen molar-refractivity contribution in [1.29, 1.82) is 5.26 Å². The van der Waals surface area contributed by atoms with E-state index in [1.807, 2.05) is 31.2 Å². The lowest BCUT2D eigenvalue weighted by Crippen LogP contribution is -2.21. The summed E-state index contributed by atoms with van der Waals surface area (Å²) in [5, 5.41) is 11.8. The van der Waals surface area contributed by atoms with Gasteiger partial charge in [-0.25, -0.2) is 9.59 Å². The van der Waals surface area contributed by atoms with Crippen molar-refractivity contribution in [3.63, 3.8) is 0 Å². The lowest BCUT2D eigenvalue weighted by atomic mass is 10.0. The maximum Gasteiger partial charge on any atom is 0.341 e. The minimum absolute atomic E-state index is 0.162. The monoisotopic (exact) mass is 492 g/mol. The van der Waals surface area contributed by atoms with Crippen molar-refractivity contribution < 1.29 is 33.3 Å². The number of thiophene rings is 1. The number of ether oxygens (including phenoxy) is 4. The van der Waals surface area contributed by atoms with Crippen LogP contribution in [0.1, 0.15) is 42.3 Å². The molecule has 2 heterocycles. The van der Waals surface area contributed by atoms with E-state index in [-0.39, 0.29) is 17.9 Å². The number of amides is 1. The molecule has 1 aromatic heterocycles. The Morgan fingerprint density at radius 3 is 2.54 bits per heavy atom. The molecule has 0 spiro atoms. The van der Waals surface area contributed by atoms with Crippen molar-refractivity contribution in [2.24, 2.45) is 0 Å². The van der Waals surface area contributed by atoms with Crippen molar-refractivity contribution >= 4 is 34.2 Å². The Morgan fingerprint density at radius 2 is 1.83 bits per heavy atom. The zero-order valence-corrected chi connectivity index (χ0v) is 19.7. The summed E-state index contributed by atoms with van der Waals surface area (Å²) in [5.74, 6) is -0.605. The Hall–Kier alpha value is -4.36. The van der Waals surface area contributed by atoms with Crippen molar-refractivity contribution in [3.05, 3.63) is 75.2 Å². The van der Waals surface area contributed by atoms with Crippen LogP contribution >= 0.6 is 11.3 Å². The van der Waals surface area contributed by atoms with Crippen LogP contribution in [0.15, 0.2) is 42.5 Å². The van der Waals surface area contributed by atoms with E-state index in [9.17, 15) is 14.4 Å². The first kappa shape index (κ1) is 23.8. The van der Waals surface area contributed by atoms with Crippen LogP contribution in [0.3, 0.4) is 0 Å². The summed E-state index contributed by atoms with van der Waals surface area (Å²) in [5.41, 5.74) is 2.48. The van der Waals surface area contributed by atoms with Crippen LogP contribution in [-0.4, -0.2) is 38.4 Å². The van der Waals surface area contributed by atoms with Crippen molar-refractivity contribution in [2.75, 3.05) is 25.8 Å². The fraction of sp³-hybridized carbons (Fsp3) is 0.200. The second-order valence-corrected chi connectivity index (χ2v) is 8.74. The molecule has 35 heavy (non-hydrogen) atoms.